The van der Waals surface area contributed by atoms with Gasteiger partial charge in [0.05, 0.1) is 6.10 Å². The molecule has 0 rings (SSSR count). The molecule has 2 atom stereocenters. The fraction of sp³-hybridized carbons (Fsp3) is 1.00. The molecule has 2 unspecified atom stereocenters. The lowest BCUT2D eigenvalue weighted by molar-refractivity contribution is 0.0875. The largest absolute Gasteiger partial charge is 0.393 e. The molecule has 0 spiro atoms. The van der Waals surface area contributed by atoms with Gasteiger partial charge in [-0.15, -0.1) is 0 Å². The molecule has 0 radical (unpaired) electrons. The zero-order valence-electron chi connectivity index (χ0n) is 11.0. The van der Waals surface area contributed by atoms with Gasteiger partial charge >= 0.3 is 0 Å². The van der Waals surface area contributed by atoms with Crippen molar-refractivity contribution in [2.75, 3.05) is 0 Å². The van der Waals surface area contributed by atoms with Crippen LogP contribution >= 0.6 is 0 Å². The second-order valence-corrected chi connectivity index (χ2v) is 4.73. The topological polar surface area (TPSA) is 20.2 Å². The van der Waals surface area contributed by atoms with E-state index >= 15 is 0 Å². The average molecular weight is 214 g/mol. The van der Waals surface area contributed by atoms with Gasteiger partial charge in [0.15, 0.2) is 0 Å². The summed E-state index contributed by atoms with van der Waals surface area (Å²) in [6, 6.07) is 0. The van der Waals surface area contributed by atoms with Gasteiger partial charge < -0.3 is 5.11 Å². The van der Waals surface area contributed by atoms with Crippen LogP contribution in [0.25, 0.3) is 0 Å². The van der Waals surface area contributed by atoms with Gasteiger partial charge in [0, 0.05) is 0 Å². The molecule has 0 saturated carbocycles. The van der Waals surface area contributed by atoms with Crippen LogP contribution in [0.15, 0.2) is 0 Å². The highest BCUT2D eigenvalue weighted by Gasteiger charge is 2.15. The molecule has 1 nitrogen and oxygen atoms in total. The van der Waals surface area contributed by atoms with Crippen molar-refractivity contribution in [3.8, 4) is 0 Å². The van der Waals surface area contributed by atoms with Crippen LogP contribution in [0, 0.1) is 5.92 Å². The summed E-state index contributed by atoms with van der Waals surface area (Å²) in [7, 11) is 0. The van der Waals surface area contributed by atoms with Gasteiger partial charge in [-0.1, -0.05) is 65.7 Å². The van der Waals surface area contributed by atoms with Crippen LogP contribution in [0.1, 0.15) is 78.6 Å². The van der Waals surface area contributed by atoms with Crippen molar-refractivity contribution in [1.29, 1.82) is 0 Å². The normalized spacial score (nSPS) is 15.2. The molecule has 0 aliphatic carbocycles. The lowest BCUT2D eigenvalue weighted by atomic mass is 9.90. The summed E-state index contributed by atoms with van der Waals surface area (Å²) in [5, 5.41) is 10.0. The molecule has 1 heteroatoms. The molecular formula is C14H30O. The lowest BCUT2D eigenvalue weighted by Gasteiger charge is -2.21. The van der Waals surface area contributed by atoms with Gasteiger partial charge in [-0.3, -0.25) is 0 Å². The van der Waals surface area contributed by atoms with Crippen LogP contribution in [-0.4, -0.2) is 11.2 Å². The van der Waals surface area contributed by atoms with E-state index in [1.165, 1.54) is 44.9 Å². The Balaban J connectivity index is 3.58. The van der Waals surface area contributed by atoms with Crippen LogP contribution in [0.2, 0.25) is 0 Å². The summed E-state index contributed by atoms with van der Waals surface area (Å²) in [6.45, 7) is 6.66. The summed E-state index contributed by atoms with van der Waals surface area (Å²) in [4.78, 5) is 0. The minimum Gasteiger partial charge on any atom is -0.393 e. The zero-order chi connectivity index (χ0) is 11.5. The average Bonchev–Trinajstić information content (AvgIpc) is 2.25. The quantitative estimate of drug-likeness (QED) is 0.530. The Morgan fingerprint density at radius 1 is 0.800 bits per heavy atom. The molecule has 0 aromatic heterocycles. The van der Waals surface area contributed by atoms with E-state index in [-0.39, 0.29) is 6.10 Å². The predicted molar refractivity (Wildman–Crippen MR) is 68.1 cm³/mol. The Labute approximate surface area is 96.3 Å². The number of rotatable bonds is 10. The number of hydrogen-bond acceptors (Lipinski definition) is 1. The van der Waals surface area contributed by atoms with Gasteiger partial charge in [-0.2, -0.15) is 0 Å². The zero-order valence-corrected chi connectivity index (χ0v) is 11.0. The molecule has 0 saturated heterocycles. The number of aliphatic hydroxyl groups excluding tert-OH is 1. The van der Waals surface area contributed by atoms with Crippen molar-refractivity contribution in [2.45, 2.75) is 84.7 Å². The molecule has 1 N–H and O–H groups in total. The van der Waals surface area contributed by atoms with Crippen molar-refractivity contribution < 1.29 is 5.11 Å². The highest BCUT2D eigenvalue weighted by molar-refractivity contribution is 4.67. The third-order valence-corrected chi connectivity index (χ3v) is 3.35. The molecule has 0 aromatic carbocycles. The molecule has 0 aliphatic heterocycles. The molecular weight excluding hydrogens is 184 g/mol. The van der Waals surface area contributed by atoms with Crippen molar-refractivity contribution >= 4 is 0 Å². The second-order valence-electron chi connectivity index (χ2n) is 4.73. The first kappa shape index (κ1) is 15.0. The highest BCUT2D eigenvalue weighted by Crippen LogP contribution is 2.21. The van der Waals surface area contributed by atoms with Gasteiger partial charge in [0.2, 0.25) is 0 Å². The first-order valence-corrected chi connectivity index (χ1v) is 6.94. The number of unbranched alkanes of at least 4 members (excludes halogenated alkanes) is 4. The van der Waals surface area contributed by atoms with E-state index in [1.54, 1.807) is 0 Å². The third kappa shape index (κ3) is 7.84. The summed E-state index contributed by atoms with van der Waals surface area (Å²) in [6.07, 6.45) is 10.9. The van der Waals surface area contributed by atoms with Crippen molar-refractivity contribution in [3.63, 3.8) is 0 Å². The van der Waals surface area contributed by atoms with E-state index in [9.17, 15) is 5.11 Å². The van der Waals surface area contributed by atoms with Gasteiger partial charge in [-0.25, -0.2) is 0 Å². The SMILES string of the molecule is CCCCCCC(O)C(CC)CCCC. The Hall–Kier alpha value is -0.0400. The molecule has 0 aliphatic rings. The highest BCUT2D eigenvalue weighted by atomic mass is 16.3. The van der Waals surface area contributed by atoms with Gasteiger partial charge in [-0.05, 0) is 18.8 Å². The lowest BCUT2D eigenvalue weighted by Crippen LogP contribution is -2.19. The maximum Gasteiger partial charge on any atom is 0.0568 e. The van der Waals surface area contributed by atoms with Crippen LogP contribution in [0.5, 0.6) is 0 Å². The number of aliphatic hydroxyl groups is 1. The Kier molecular flexibility index (Phi) is 10.4. The van der Waals surface area contributed by atoms with E-state index < -0.39 is 0 Å². The van der Waals surface area contributed by atoms with E-state index in [1.807, 2.05) is 0 Å². The minimum absolute atomic E-state index is 0.0431. The minimum atomic E-state index is -0.0431. The smallest absolute Gasteiger partial charge is 0.0568 e. The predicted octanol–water partition coefficient (Wildman–Crippen LogP) is 4.53. The summed E-state index contributed by atoms with van der Waals surface area (Å²) in [5.41, 5.74) is 0. The first-order chi connectivity index (χ1) is 7.26. The van der Waals surface area contributed by atoms with Crippen molar-refractivity contribution in [2.24, 2.45) is 5.92 Å². The van der Waals surface area contributed by atoms with Crippen LogP contribution in [0.3, 0.4) is 0 Å². The first-order valence-electron chi connectivity index (χ1n) is 6.94. The Bertz CT molecular complexity index is 123. The molecule has 0 bridgehead atoms. The fourth-order valence-electron chi connectivity index (χ4n) is 2.15. The standard InChI is InChI=1S/C14H30O/c1-4-7-9-10-12-14(15)13(6-3)11-8-5-2/h13-15H,4-12H2,1-3H3. The Morgan fingerprint density at radius 2 is 1.47 bits per heavy atom. The molecule has 0 amide bonds. The third-order valence-electron chi connectivity index (χ3n) is 3.35. The molecule has 92 valence electrons. The number of hydrogen-bond donors (Lipinski definition) is 1. The molecule has 0 fully saturated rings. The summed E-state index contributed by atoms with van der Waals surface area (Å²) < 4.78 is 0. The maximum atomic E-state index is 10.0. The fourth-order valence-corrected chi connectivity index (χ4v) is 2.15. The Morgan fingerprint density at radius 3 is 2.00 bits per heavy atom. The molecule has 0 heterocycles. The second kappa shape index (κ2) is 10.5. The van der Waals surface area contributed by atoms with E-state index in [0.717, 1.165) is 12.8 Å². The maximum absolute atomic E-state index is 10.0. The monoisotopic (exact) mass is 214 g/mol. The van der Waals surface area contributed by atoms with Gasteiger partial charge in [0.1, 0.15) is 0 Å². The van der Waals surface area contributed by atoms with Crippen molar-refractivity contribution in [1.82, 2.24) is 0 Å². The van der Waals surface area contributed by atoms with Crippen LogP contribution in [-0.2, 0) is 0 Å². The van der Waals surface area contributed by atoms with Crippen LogP contribution < -0.4 is 0 Å². The van der Waals surface area contributed by atoms with E-state index in [2.05, 4.69) is 20.8 Å². The molecule has 0 aromatic rings. The molecule has 15 heavy (non-hydrogen) atoms. The van der Waals surface area contributed by atoms with E-state index in [4.69, 9.17) is 0 Å². The van der Waals surface area contributed by atoms with E-state index in [0.29, 0.717) is 5.92 Å². The van der Waals surface area contributed by atoms with Crippen LogP contribution in [0.4, 0.5) is 0 Å². The van der Waals surface area contributed by atoms with Crippen molar-refractivity contribution in [3.05, 3.63) is 0 Å². The summed E-state index contributed by atoms with van der Waals surface area (Å²) >= 11 is 0. The summed E-state index contributed by atoms with van der Waals surface area (Å²) in [5.74, 6) is 0.548. The van der Waals surface area contributed by atoms with Gasteiger partial charge in [0.25, 0.3) is 0 Å².